The van der Waals surface area contributed by atoms with E-state index in [1.165, 1.54) is 11.3 Å². The predicted octanol–water partition coefficient (Wildman–Crippen LogP) is 3.84. The highest BCUT2D eigenvalue weighted by molar-refractivity contribution is 8.01. The average molecular weight is 328 g/mol. The van der Waals surface area contributed by atoms with Crippen LogP contribution in [0.1, 0.15) is 5.69 Å². The van der Waals surface area contributed by atoms with E-state index in [2.05, 4.69) is 15.0 Å². The second-order valence-corrected chi connectivity index (χ2v) is 6.30. The number of para-hydroxylation sites is 1. The Kier molecular flexibility index (Phi) is 3.46. The molecule has 0 atom stereocenters. The summed E-state index contributed by atoms with van der Waals surface area (Å²) in [5, 5.41) is 0.119. The number of fused-ring (bicyclic) bond motifs is 1. The van der Waals surface area contributed by atoms with Crippen LogP contribution in [0.5, 0.6) is 0 Å². The lowest BCUT2D eigenvalue weighted by Gasteiger charge is -2.07. The Balaban J connectivity index is 1.95. The predicted molar refractivity (Wildman–Crippen MR) is 75.2 cm³/mol. The lowest BCUT2D eigenvalue weighted by molar-refractivity contribution is -0.141. The Morgan fingerprint density at radius 1 is 1.10 bits per heavy atom. The van der Waals surface area contributed by atoms with Crippen molar-refractivity contribution in [1.82, 2.24) is 15.0 Å². The van der Waals surface area contributed by atoms with Gasteiger partial charge < -0.3 is 5.73 Å². The number of nitrogens with two attached hydrogens (primary N) is 1. The van der Waals surface area contributed by atoms with Crippen molar-refractivity contribution in [1.29, 1.82) is 0 Å². The molecule has 2 N–H and O–H groups in total. The summed E-state index contributed by atoms with van der Waals surface area (Å²) in [6.45, 7) is 0. The number of nitrogens with zero attached hydrogens (tertiary/aromatic N) is 3. The van der Waals surface area contributed by atoms with E-state index >= 15 is 0 Å². The molecule has 0 aliphatic carbocycles. The van der Waals surface area contributed by atoms with E-state index in [1.54, 1.807) is 0 Å². The molecule has 0 saturated heterocycles. The fraction of sp³-hybridized carbons (Fsp3) is 0.0833. The summed E-state index contributed by atoms with van der Waals surface area (Å²) in [6.07, 6.45) is -4.56. The molecule has 0 aliphatic heterocycles. The zero-order valence-corrected chi connectivity index (χ0v) is 11.9. The lowest BCUT2D eigenvalue weighted by Crippen LogP contribution is -2.11. The van der Waals surface area contributed by atoms with E-state index in [0.29, 0.717) is 4.34 Å². The summed E-state index contributed by atoms with van der Waals surface area (Å²) in [4.78, 5) is 11.3. The summed E-state index contributed by atoms with van der Waals surface area (Å²) in [5.41, 5.74) is 5.07. The summed E-state index contributed by atoms with van der Waals surface area (Å²) < 4.78 is 39.6. The lowest BCUT2D eigenvalue weighted by atomic mass is 10.3. The maximum atomic E-state index is 12.7. The molecule has 0 amide bonds. The van der Waals surface area contributed by atoms with Gasteiger partial charge in [0.05, 0.1) is 10.2 Å². The van der Waals surface area contributed by atoms with Crippen molar-refractivity contribution in [3.63, 3.8) is 0 Å². The fourth-order valence-corrected chi connectivity index (χ4v) is 3.65. The van der Waals surface area contributed by atoms with Crippen molar-refractivity contribution in [2.45, 2.75) is 15.5 Å². The first kappa shape index (κ1) is 14.1. The summed E-state index contributed by atoms with van der Waals surface area (Å²) in [5.74, 6) is -0.409. The van der Waals surface area contributed by atoms with Crippen LogP contribution < -0.4 is 5.73 Å². The van der Waals surface area contributed by atoms with Crippen LogP contribution in [0.25, 0.3) is 10.2 Å². The van der Waals surface area contributed by atoms with E-state index in [4.69, 9.17) is 5.73 Å². The Hall–Kier alpha value is -1.87. The number of benzene rings is 1. The molecule has 9 heteroatoms. The number of aromatic nitrogens is 3. The number of halogens is 3. The topological polar surface area (TPSA) is 64.7 Å². The minimum absolute atomic E-state index is 0.119. The highest BCUT2D eigenvalue weighted by Gasteiger charge is 2.33. The molecule has 2 aromatic heterocycles. The summed E-state index contributed by atoms with van der Waals surface area (Å²) >= 11 is 2.41. The van der Waals surface area contributed by atoms with Crippen LogP contribution in [-0.4, -0.2) is 15.0 Å². The van der Waals surface area contributed by atoms with E-state index in [0.717, 1.165) is 28.0 Å². The number of alkyl halides is 3. The molecule has 21 heavy (non-hydrogen) atoms. The molecular weight excluding hydrogens is 321 g/mol. The molecule has 0 spiro atoms. The molecule has 0 aliphatic rings. The third-order valence-corrected chi connectivity index (χ3v) is 4.49. The van der Waals surface area contributed by atoms with Crippen LogP contribution in [0.2, 0.25) is 0 Å². The van der Waals surface area contributed by atoms with Gasteiger partial charge in [-0.3, -0.25) is 0 Å². The van der Waals surface area contributed by atoms with E-state index in [1.807, 2.05) is 24.3 Å². The Bertz CT molecular complexity index is 768. The van der Waals surface area contributed by atoms with E-state index in [9.17, 15) is 13.2 Å². The zero-order chi connectivity index (χ0) is 15.0. The van der Waals surface area contributed by atoms with Crippen LogP contribution in [0.4, 0.5) is 19.1 Å². The monoisotopic (exact) mass is 328 g/mol. The largest absolute Gasteiger partial charge is 0.433 e. The van der Waals surface area contributed by atoms with Gasteiger partial charge in [-0.2, -0.15) is 13.2 Å². The molecule has 1 aromatic carbocycles. The first-order valence-corrected chi connectivity index (χ1v) is 7.30. The first-order chi connectivity index (χ1) is 9.91. The van der Waals surface area contributed by atoms with Crippen LogP contribution in [-0.2, 0) is 6.18 Å². The van der Waals surface area contributed by atoms with E-state index in [-0.39, 0.29) is 5.03 Å². The molecule has 0 fully saturated rings. The molecular formula is C12H7F3N4S2. The average Bonchev–Trinajstić information content (AvgIpc) is 2.79. The number of nitrogen functional groups attached to an aromatic ring is 1. The van der Waals surface area contributed by atoms with Gasteiger partial charge in [-0.1, -0.05) is 12.1 Å². The second-order valence-electron chi connectivity index (χ2n) is 4.00. The first-order valence-electron chi connectivity index (χ1n) is 5.67. The number of anilines is 1. The Morgan fingerprint density at radius 3 is 2.57 bits per heavy atom. The van der Waals surface area contributed by atoms with Gasteiger partial charge in [-0.05, 0) is 23.9 Å². The van der Waals surface area contributed by atoms with Crippen molar-refractivity contribution in [3.8, 4) is 0 Å². The molecule has 108 valence electrons. The van der Waals surface area contributed by atoms with Gasteiger partial charge in [0.1, 0.15) is 5.03 Å². The normalized spacial score (nSPS) is 12.0. The maximum Gasteiger partial charge on any atom is 0.433 e. The van der Waals surface area contributed by atoms with Gasteiger partial charge >= 0.3 is 6.18 Å². The van der Waals surface area contributed by atoms with Crippen LogP contribution in [0, 0.1) is 0 Å². The van der Waals surface area contributed by atoms with Gasteiger partial charge in [0.25, 0.3) is 0 Å². The van der Waals surface area contributed by atoms with Crippen LogP contribution in [0.3, 0.4) is 0 Å². The molecule has 4 nitrogen and oxygen atoms in total. The summed E-state index contributed by atoms with van der Waals surface area (Å²) in [6, 6.07) is 8.32. The second kappa shape index (κ2) is 5.15. The smallest absolute Gasteiger partial charge is 0.368 e. The fourth-order valence-electron chi connectivity index (χ4n) is 1.62. The molecule has 3 aromatic rings. The van der Waals surface area contributed by atoms with Gasteiger partial charge in [0.15, 0.2) is 10.0 Å². The minimum Gasteiger partial charge on any atom is -0.368 e. The number of hydrogen-bond donors (Lipinski definition) is 1. The molecule has 0 bridgehead atoms. The number of rotatable bonds is 2. The zero-order valence-electron chi connectivity index (χ0n) is 10.3. The van der Waals surface area contributed by atoms with Crippen LogP contribution >= 0.6 is 23.1 Å². The van der Waals surface area contributed by atoms with Crippen molar-refractivity contribution in [2.75, 3.05) is 5.73 Å². The number of thiazole rings is 1. The van der Waals surface area contributed by atoms with Crippen LogP contribution in [0.15, 0.2) is 39.7 Å². The molecule has 0 unspecified atom stereocenters. The Labute approximate surface area is 125 Å². The van der Waals surface area contributed by atoms with Crippen molar-refractivity contribution in [2.24, 2.45) is 0 Å². The Morgan fingerprint density at radius 2 is 1.86 bits per heavy atom. The number of hydrogen-bond acceptors (Lipinski definition) is 6. The highest BCUT2D eigenvalue weighted by atomic mass is 32.2. The molecule has 3 rings (SSSR count). The van der Waals surface area contributed by atoms with Crippen molar-refractivity contribution < 1.29 is 13.2 Å². The van der Waals surface area contributed by atoms with Gasteiger partial charge in [-0.25, -0.2) is 15.0 Å². The molecule has 0 saturated carbocycles. The third-order valence-electron chi connectivity index (χ3n) is 2.48. The SMILES string of the molecule is Nc1nc(Sc2nc3ccccc3s2)cc(C(F)(F)F)n1. The molecule has 0 radical (unpaired) electrons. The standard InChI is InChI=1S/C12H7F3N4S2/c13-12(14,15)8-5-9(19-10(16)18-8)21-11-17-6-3-1-2-4-7(6)20-11/h1-5H,(H2,16,18,19). The quantitative estimate of drug-likeness (QED) is 0.724. The summed E-state index contributed by atoms with van der Waals surface area (Å²) in [7, 11) is 0. The maximum absolute atomic E-state index is 12.7. The third kappa shape index (κ3) is 3.08. The highest BCUT2D eigenvalue weighted by Crippen LogP contribution is 2.36. The van der Waals surface area contributed by atoms with Gasteiger partial charge in [-0.15, -0.1) is 11.3 Å². The molecule has 2 heterocycles. The van der Waals surface area contributed by atoms with Gasteiger partial charge in [0.2, 0.25) is 5.95 Å². The van der Waals surface area contributed by atoms with Gasteiger partial charge in [0, 0.05) is 6.07 Å². The minimum atomic E-state index is -4.56. The van der Waals surface area contributed by atoms with E-state index < -0.39 is 17.8 Å². The van der Waals surface area contributed by atoms with Crippen molar-refractivity contribution >= 4 is 39.3 Å². The van der Waals surface area contributed by atoms with Crippen molar-refractivity contribution in [3.05, 3.63) is 36.0 Å².